The first-order valence-electron chi connectivity index (χ1n) is 6.58. The van der Waals surface area contributed by atoms with Crippen LogP contribution in [0.3, 0.4) is 0 Å². The van der Waals surface area contributed by atoms with Crippen molar-refractivity contribution < 1.29 is 4.74 Å². The van der Waals surface area contributed by atoms with Gasteiger partial charge < -0.3 is 10.1 Å². The van der Waals surface area contributed by atoms with Crippen molar-refractivity contribution in [2.24, 2.45) is 0 Å². The largest absolute Gasteiger partial charge is 0.473 e. The number of hydrogen-bond acceptors (Lipinski definition) is 4. The zero-order chi connectivity index (χ0) is 13.1. The minimum absolute atomic E-state index is 0.223. The van der Waals surface area contributed by atoms with Crippen LogP contribution in [0.1, 0.15) is 12.0 Å². The maximum absolute atomic E-state index is 5.85. The van der Waals surface area contributed by atoms with Gasteiger partial charge in [-0.15, -0.1) is 0 Å². The second kappa shape index (κ2) is 5.36. The summed E-state index contributed by atoms with van der Waals surface area (Å²) in [6.07, 6.45) is 2.82. The third kappa shape index (κ3) is 2.90. The first kappa shape index (κ1) is 12.1. The van der Waals surface area contributed by atoms with Gasteiger partial charge >= 0.3 is 0 Å². The van der Waals surface area contributed by atoms with Crippen molar-refractivity contribution in [3.05, 3.63) is 42.2 Å². The van der Waals surface area contributed by atoms with Crippen molar-refractivity contribution in [3.8, 4) is 17.1 Å². The highest BCUT2D eigenvalue weighted by molar-refractivity contribution is 5.59. The van der Waals surface area contributed by atoms with E-state index in [2.05, 4.69) is 46.5 Å². The Hall–Kier alpha value is -1.94. The molecule has 1 unspecified atom stereocenters. The van der Waals surface area contributed by atoms with Crippen LogP contribution in [0.25, 0.3) is 11.3 Å². The van der Waals surface area contributed by atoms with Crippen LogP contribution in [0.15, 0.2) is 36.7 Å². The van der Waals surface area contributed by atoms with Crippen LogP contribution >= 0.6 is 0 Å². The van der Waals surface area contributed by atoms with Crippen LogP contribution in [-0.2, 0) is 0 Å². The van der Waals surface area contributed by atoms with E-state index in [4.69, 9.17) is 4.74 Å². The molecule has 1 saturated heterocycles. The molecule has 98 valence electrons. The maximum Gasteiger partial charge on any atom is 0.217 e. The van der Waals surface area contributed by atoms with Crippen LogP contribution in [-0.4, -0.2) is 29.2 Å². The van der Waals surface area contributed by atoms with E-state index in [9.17, 15) is 0 Å². The second-order valence-electron chi connectivity index (χ2n) is 4.84. The van der Waals surface area contributed by atoms with Gasteiger partial charge in [0.2, 0.25) is 5.88 Å². The highest BCUT2D eigenvalue weighted by atomic mass is 16.5. The van der Waals surface area contributed by atoms with Gasteiger partial charge in [-0.3, -0.25) is 0 Å². The highest BCUT2D eigenvalue weighted by Gasteiger charge is 2.16. The Kier molecular flexibility index (Phi) is 3.42. The molecule has 2 aromatic rings. The number of nitrogens with one attached hydrogen (secondary N) is 1. The summed E-state index contributed by atoms with van der Waals surface area (Å²) in [5, 5.41) is 3.28. The lowest BCUT2D eigenvalue weighted by Crippen LogP contribution is -2.20. The Balaban J connectivity index is 1.80. The summed E-state index contributed by atoms with van der Waals surface area (Å²) in [6, 6.07) is 10.2. The molecule has 4 nitrogen and oxygen atoms in total. The van der Waals surface area contributed by atoms with E-state index in [1.807, 2.05) is 6.07 Å². The Morgan fingerprint density at radius 3 is 2.79 bits per heavy atom. The number of benzene rings is 1. The maximum atomic E-state index is 5.85. The zero-order valence-corrected chi connectivity index (χ0v) is 11.0. The molecule has 4 heteroatoms. The standard InChI is InChI=1S/C15H17N3O/c1-11-2-4-12(5-3-11)14-8-15(18-10-17-14)19-13-6-7-16-9-13/h2-5,8,10,13,16H,6-7,9H2,1H3. The van der Waals surface area contributed by atoms with Crippen molar-refractivity contribution in [2.45, 2.75) is 19.4 Å². The topological polar surface area (TPSA) is 47.0 Å². The van der Waals surface area contributed by atoms with Crippen LogP contribution in [0.2, 0.25) is 0 Å². The summed E-state index contributed by atoms with van der Waals surface area (Å²) in [5.41, 5.74) is 3.23. The number of ether oxygens (including phenoxy) is 1. The summed E-state index contributed by atoms with van der Waals surface area (Å²) in [4.78, 5) is 8.49. The van der Waals surface area contributed by atoms with Crippen LogP contribution in [0, 0.1) is 6.92 Å². The average Bonchev–Trinajstić information content (AvgIpc) is 2.93. The lowest BCUT2D eigenvalue weighted by atomic mass is 10.1. The number of hydrogen-bond donors (Lipinski definition) is 1. The second-order valence-corrected chi connectivity index (χ2v) is 4.84. The molecule has 0 amide bonds. The number of nitrogens with zero attached hydrogens (tertiary/aromatic N) is 2. The van der Waals surface area contributed by atoms with E-state index >= 15 is 0 Å². The van der Waals surface area contributed by atoms with Crippen LogP contribution < -0.4 is 10.1 Å². The number of aromatic nitrogens is 2. The molecule has 1 aliphatic heterocycles. The highest BCUT2D eigenvalue weighted by Crippen LogP contribution is 2.21. The Labute approximate surface area is 112 Å². The SMILES string of the molecule is Cc1ccc(-c2cc(OC3CCNC3)ncn2)cc1. The van der Waals surface area contributed by atoms with E-state index in [0.29, 0.717) is 5.88 Å². The van der Waals surface area contributed by atoms with E-state index in [1.165, 1.54) is 5.56 Å². The fraction of sp³-hybridized carbons (Fsp3) is 0.333. The summed E-state index contributed by atoms with van der Waals surface area (Å²) in [7, 11) is 0. The van der Waals surface area contributed by atoms with Gasteiger partial charge in [0.15, 0.2) is 0 Å². The summed E-state index contributed by atoms with van der Waals surface area (Å²) >= 11 is 0. The minimum Gasteiger partial charge on any atom is -0.473 e. The van der Waals surface area contributed by atoms with Crippen molar-refractivity contribution in [3.63, 3.8) is 0 Å². The number of aryl methyl sites for hydroxylation is 1. The van der Waals surface area contributed by atoms with Gasteiger partial charge in [0.05, 0.1) is 5.69 Å². The predicted octanol–water partition coefficient (Wildman–Crippen LogP) is 2.19. The van der Waals surface area contributed by atoms with Gasteiger partial charge in [-0.25, -0.2) is 9.97 Å². The Morgan fingerprint density at radius 1 is 1.21 bits per heavy atom. The Morgan fingerprint density at radius 2 is 2.05 bits per heavy atom. The molecule has 2 heterocycles. The normalized spacial score (nSPS) is 18.5. The molecule has 1 fully saturated rings. The van der Waals surface area contributed by atoms with Crippen LogP contribution in [0.4, 0.5) is 0 Å². The van der Waals surface area contributed by atoms with Gasteiger partial charge in [-0.1, -0.05) is 29.8 Å². The zero-order valence-electron chi connectivity index (χ0n) is 11.0. The molecule has 19 heavy (non-hydrogen) atoms. The third-order valence-electron chi connectivity index (χ3n) is 3.29. The third-order valence-corrected chi connectivity index (χ3v) is 3.29. The average molecular weight is 255 g/mol. The minimum atomic E-state index is 0.223. The van der Waals surface area contributed by atoms with E-state index in [0.717, 1.165) is 30.8 Å². The first-order valence-corrected chi connectivity index (χ1v) is 6.58. The van der Waals surface area contributed by atoms with Crippen molar-refractivity contribution in [1.29, 1.82) is 0 Å². The molecule has 0 bridgehead atoms. The molecule has 1 aromatic heterocycles. The fourth-order valence-electron chi connectivity index (χ4n) is 2.19. The molecular formula is C15H17N3O. The van der Waals surface area contributed by atoms with Crippen LogP contribution in [0.5, 0.6) is 5.88 Å². The molecule has 0 spiro atoms. The number of rotatable bonds is 3. The smallest absolute Gasteiger partial charge is 0.217 e. The van der Waals surface area contributed by atoms with E-state index in [-0.39, 0.29) is 6.10 Å². The quantitative estimate of drug-likeness (QED) is 0.913. The summed E-state index contributed by atoms with van der Waals surface area (Å²) < 4.78 is 5.85. The monoisotopic (exact) mass is 255 g/mol. The van der Waals surface area contributed by atoms with Gasteiger partial charge in [-0.2, -0.15) is 0 Å². The fourth-order valence-corrected chi connectivity index (χ4v) is 2.19. The lowest BCUT2D eigenvalue weighted by Gasteiger charge is -2.11. The summed E-state index contributed by atoms with van der Waals surface area (Å²) in [6.45, 7) is 3.98. The van der Waals surface area contributed by atoms with Crippen molar-refractivity contribution >= 4 is 0 Å². The molecule has 1 aromatic carbocycles. The van der Waals surface area contributed by atoms with Gasteiger partial charge in [-0.05, 0) is 19.9 Å². The van der Waals surface area contributed by atoms with Gasteiger partial charge in [0, 0.05) is 18.2 Å². The van der Waals surface area contributed by atoms with Crippen molar-refractivity contribution in [2.75, 3.05) is 13.1 Å². The molecule has 0 aliphatic carbocycles. The molecular weight excluding hydrogens is 238 g/mol. The predicted molar refractivity (Wildman–Crippen MR) is 74.1 cm³/mol. The summed E-state index contributed by atoms with van der Waals surface area (Å²) in [5.74, 6) is 0.652. The molecule has 1 N–H and O–H groups in total. The molecule has 0 saturated carbocycles. The molecule has 1 atom stereocenters. The Bertz CT molecular complexity index is 548. The molecule has 3 rings (SSSR count). The van der Waals surface area contributed by atoms with E-state index < -0.39 is 0 Å². The van der Waals surface area contributed by atoms with Gasteiger partial charge in [0.25, 0.3) is 0 Å². The van der Waals surface area contributed by atoms with Gasteiger partial charge in [0.1, 0.15) is 12.4 Å². The lowest BCUT2D eigenvalue weighted by molar-refractivity contribution is 0.214. The van der Waals surface area contributed by atoms with E-state index in [1.54, 1.807) is 6.33 Å². The first-order chi connectivity index (χ1) is 9.31. The molecule has 0 radical (unpaired) electrons. The molecule has 1 aliphatic rings. The van der Waals surface area contributed by atoms with Crippen molar-refractivity contribution in [1.82, 2.24) is 15.3 Å².